The van der Waals surface area contributed by atoms with Gasteiger partial charge >= 0.3 is 11.9 Å². The number of rotatable bonds is 44. The van der Waals surface area contributed by atoms with Gasteiger partial charge in [0.05, 0.1) is 6.61 Å². The fourth-order valence-corrected chi connectivity index (χ4v) is 9.30. The first-order valence-electron chi connectivity index (χ1n) is 28.5. The molecule has 0 bridgehead atoms. The summed E-state index contributed by atoms with van der Waals surface area (Å²) in [5.41, 5.74) is -0.662. The molecule has 1 fully saturated rings. The Morgan fingerprint density at radius 2 is 1.10 bits per heavy atom. The van der Waals surface area contributed by atoms with Gasteiger partial charge in [-0.25, -0.2) is 0 Å². The Hall–Kier alpha value is -2.68. The molecule has 1 aliphatic rings. The number of esters is 2. The van der Waals surface area contributed by atoms with Gasteiger partial charge < -0.3 is 19.7 Å². The first-order valence-corrected chi connectivity index (χ1v) is 28.5. The molecule has 1 saturated heterocycles. The van der Waals surface area contributed by atoms with E-state index in [-0.39, 0.29) is 24.3 Å². The number of carbonyl (C=O) groups excluding carboxylic acids is 4. The summed E-state index contributed by atoms with van der Waals surface area (Å²) in [5, 5.41) is 2.84. The van der Waals surface area contributed by atoms with Gasteiger partial charge in [0, 0.05) is 32.0 Å². The molecule has 0 aromatic carbocycles. The number of likely N-dealkylation sites (tertiary alicyclic amines) is 1. The standard InChI is InChI=1S/C58H107N3O6/c1-7-10-12-14-16-18-20-22-24-26-28-30-32-34-38-45-54(62)61(49-48-60-47-41-40-43-52(60)9-3)53(57(65)59-51-56(64)67-58(4,5)6)44-37-36-42-50-66-55(63)46-39-35-33-31-29-27-25-23-21-19-17-15-13-11-8-2/h22-25,52-53H,7-21,26-51H2,1-6H3,(H,59,65)/b24-22-,25-23?. The van der Waals surface area contributed by atoms with Crippen LogP contribution in [-0.2, 0) is 28.7 Å². The Kier molecular flexibility index (Phi) is 40.3. The minimum atomic E-state index is -0.688. The highest BCUT2D eigenvalue weighted by molar-refractivity contribution is 5.89. The van der Waals surface area contributed by atoms with E-state index >= 15 is 0 Å². The molecule has 0 radical (unpaired) electrons. The summed E-state index contributed by atoms with van der Waals surface area (Å²) in [7, 11) is 0. The summed E-state index contributed by atoms with van der Waals surface area (Å²) in [6.45, 7) is 14.6. The van der Waals surface area contributed by atoms with Gasteiger partial charge in [0.1, 0.15) is 18.2 Å². The number of ether oxygens (including phenoxy) is 2. The maximum Gasteiger partial charge on any atom is 0.325 e. The van der Waals surface area contributed by atoms with Crippen LogP contribution in [0.15, 0.2) is 24.3 Å². The lowest BCUT2D eigenvalue weighted by atomic mass is 10.00. The van der Waals surface area contributed by atoms with E-state index in [1.165, 1.54) is 122 Å². The number of piperidine rings is 1. The molecule has 2 amide bonds. The normalized spacial score (nSPS) is 15.0. The monoisotopic (exact) mass is 942 g/mol. The molecule has 0 spiro atoms. The fourth-order valence-electron chi connectivity index (χ4n) is 9.30. The Morgan fingerprint density at radius 3 is 1.63 bits per heavy atom. The van der Waals surface area contributed by atoms with E-state index < -0.39 is 17.6 Å². The molecular formula is C58H107N3O6. The van der Waals surface area contributed by atoms with Crippen LogP contribution in [0.25, 0.3) is 0 Å². The van der Waals surface area contributed by atoms with Gasteiger partial charge in [-0.1, -0.05) is 161 Å². The average Bonchev–Trinajstić information content (AvgIpc) is 3.30. The second-order valence-electron chi connectivity index (χ2n) is 20.7. The number of unbranched alkanes of at least 4 members (excludes halogenated alkanes) is 24. The van der Waals surface area contributed by atoms with Crippen molar-refractivity contribution < 1.29 is 28.7 Å². The van der Waals surface area contributed by atoms with E-state index in [2.05, 4.69) is 55.3 Å². The van der Waals surface area contributed by atoms with Crippen LogP contribution in [0.5, 0.6) is 0 Å². The van der Waals surface area contributed by atoms with Crippen molar-refractivity contribution in [3.05, 3.63) is 24.3 Å². The van der Waals surface area contributed by atoms with E-state index in [4.69, 9.17) is 9.47 Å². The van der Waals surface area contributed by atoms with Crippen LogP contribution >= 0.6 is 0 Å². The van der Waals surface area contributed by atoms with Crippen LogP contribution in [0.1, 0.15) is 273 Å². The molecule has 2 atom stereocenters. The van der Waals surface area contributed by atoms with Gasteiger partial charge in [0.15, 0.2) is 0 Å². The van der Waals surface area contributed by atoms with Gasteiger partial charge in [-0.05, 0) is 130 Å². The SMILES string of the molecule is CCCCCCCCC=CCCCCCCCC(=O)OCCCCCC(C(=O)NCC(=O)OC(C)(C)C)N(CCN1CCCCC1CC)C(=O)CCCCCCC/C=C\CCCCCCCC. The number of nitrogens with one attached hydrogen (secondary N) is 1. The number of carbonyl (C=O) groups is 4. The fraction of sp³-hybridized carbons (Fsp3) is 0.862. The second kappa shape index (κ2) is 43.3. The quantitative estimate of drug-likeness (QED) is 0.0368. The maximum absolute atomic E-state index is 14.2. The Morgan fingerprint density at radius 1 is 0.612 bits per heavy atom. The third kappa shape index (κ3) is 36.9. The summed E-state index contributed by atoms with van der Waals surface area (Å²) < 4.78 is 11.1. The zero-order valence-electron chi connectivity index (χ0n) is 44.8. The van der Waals surface area contributed by atoms with Crippen LogP contribution in [-0.4, -0.2) is 84.0 Å². The first kappa shape index (κ1) is 62.3. The van der Waals surface area contributed by atoms with Crippen LogP contribution < -0.4 is 5.32 Å². The van der Waals surface area contributed by atoms with Crippen LogP contribution in [0, 0.1) is 0 Å². The molecule has 0 aromatic heterocycles. The lowest BCUT2D eigenvalue weighted by Gasteiger charge is -2.38. The van der Waals surface area contributed by atoms with E-state index in [0.717, 1.165) is 90.1 Å². The second-order valence-corrected chi connectivity index (χ2v) is 20.7. The molecule has 9 nitrogen and oxygen atoms in total. The summed E-state index contributed by atoms with van der Waals surface area (Å²) in [4.78, 5) is 57.7. The van der Waals surface area contributed by atoms with Crippen molar-refractivity contribution in [1.82, 2.24) is 15.1 Å². The number of allylic oxidation sites excluding steroid dienone is 4. The molecule has 1 rings (SSSR count). The van der Waals surface area contributed by atoms with Crippen molar-refractivity contribution in [3.8, 4) is 0 Å². The van der Waals surface area contributed by atoms with E-state index in [9.17, 15) is 19.2 Å². The van der Waals surface area contributed by atoms with Crippen LogP contribution in [0.3, 0.4) is 0 Å². The molecule has 1 aliphatic heterocycles. The third-order valence-corrected chi connectivity index (χ3v) is 13.4. The van der Waals surface area contributed by atoms with Gasteiger partial charge in [0.2, 0.25) is 11.8 Å². The smallest absolute Gasteiger partial charge is 0.325 e. The number of hydrogen-bond acceptors (Lipinski definition) is 7. The van der Waals surface area contributed by atoms with Crippen molar-refractivity contribution in [2.45, 2.75) is 290 Å². The molecule has 67 heavy (non-hydrogen) atoms. The van der Waals surface area contributed by atoms with Crippen molar-refractivity contribution in [3.63, 3.8) is 0 Å². The summed E-state index contributed by atoms with van der Waals surface area (Å²) in [6, 6.07) is -0.193. The predicted molar refractivity (Wildman–Crippen MR) is 282 cm³/mol. The molecule has 2 unspecified atom stereocenters. The molecule has 0 aliphatic carbocycles. The molecule has 9 heteroatoms. The van der Waals surface area contributed by atoms with Gasteiger partial charge in [-0.2, -0.15) is 0 Å². The summed E-state index contributed by atoms with van der Waals surface area (Å²) in [5.74, 6) is -0.911. The zero-order valence-corrected chi connectivity index (χ0v) is 44.8. The highest BCUT2D eigenvalue weighted by Gasteiger charge is 2.31. The van der Waals surface area contributed by atoms with Crippen molar-refractivity contribution >= 4 is 23.8 Å². The zero-order chi connectivity index (χ0) is 49.1. The van der Waals surface area contributed by atoms with Crippen LogP contribution in [0.2, 0.25) is 0 Å². The maximum atomic E-state index is 14.2. The average molecular weight is 943 g/mol. The molecular weight excluding hydrogens is 835 g/mol. The Bertz CT molecular complexity index is 1280. The third-order valence-electron chi connectivity index (χ3n) is 13.4. The van der Waals surface area contributed by atoms with Gasteiger partial charge in [0.25, 0.3) is 0 Å². The molecule has 1 N–H and O–H groups in total. The van der Waals surface area contributed by atoms with Gasteiger partial charge in [-0.15, -0.1) is 0 Å². The number of hydrogen-bond donors (Lipinski definition) is 1. The highest BCUT2D eigenvalue weighted by Crippen LogP contribution is 2.22. The predicted octanol–water partition coefficient (Wildman–Crippen LogP) is 15.1. The Balaban J connectivity index is 2.66. The molecule has 1 heterocycles. The molecule has 0 saturated carbocycles. The number of amides is 2. The highest BCUT2D eigenvalue weighted by atomic mass is 16.6. The lowest BCUT2D eigenvalue weighted by molar-refractivity contribution is -0.155. The molecule has 0 aromatic rings. The summed E-state index contributed by atoms with van der Waals surface area (Å²) >= 11 is 0. The van der Waals surface area contributed by atoms with Crippen molar-refractivity contribution in [2.75, 3.05) is 32.8 Å². The van der Waals surface area contributed by atoms with E-state index in [1.54, 1.807) is 0 Å². The van der Waals surface area contributed by atoms with E-state index in [1.807, 2.05) is 25.7 Å². The minimum absolute atomic E-state index is 0.0182. The van der Waals surface area contributed by atoms with Crippen LogP contribution in [0.4, 0.5) is 0 Å². The topological polar surface area (TPSA) is 105 Å². The van der Waals surface area contributed by atoms with Gasteiger partial charge in [-0.3, -0.25) is 24.1 Å². The first-order chi connectivity index (χ1) is 32.5. The Labute approximate surface area is 413 Å². The minimum Gasteiger partial charge on any atom is -0.466 e. The van der Waals surface area contributed by atoms with Crippen molar-refractivity contribution in [2.24, 2.45) is 0 Å². The molecule has 390 valence electrons. The lowest BCUT2D eigenvalue weighted by Crippen LogP contribution is -2.53. The number of nitrogens with zero attached hydrogens (tertiary/aromatic N) is 2. The largest absolute Gasteiger partial charge is 0.466 e. The summed E-state index contributed by atoms with van der Waals surface area (Å²) in [6.07, 6.45) is 49.1. The van der Waals surface area contributed by atoms with E-state index in [0.29, 0.717) is 51.3 Å². The van der Waals surface area contributed by atoms with Crippen molar-refractivity contribution in [1.29, 1.82) is 0 Å².